The van der Waals surface area contributed by atoms with Crippen molar-refractivity contribution in [3.05, 3.63) is 24.3 Å². The first-order valence-electron chi connectivity index (χ1n) is 14.7. The molecule has 202 valence electrons. The van der Waals surface area contributed by atoms with E-state index in [1.165, 1.54) is 37.0 Å². The average molecular weight is 525 g/mol. The molecule has 0 radical (unpaired) electrons. The fourth-order valence-electron chi connectivity index (χ4n) is 9.84. The van der Waals surface area contributed by atoms with Crippen molar-refractivity contribution in [1.29, 1.82) is 0 Å². The molecule has 1 amide bonds. The lowest BCUT2D eigenvalue weighted by Crippen LogP contribution is -2.58. The molecule has 1 heterocycles. The van der Waals surface area contributed by atoms with Crippen LogP contribution in [0.25, 0.3) is 10.2 Å². The molecule has 1 aromatic carbocycles. The molecule has 4 fully saturated rings. The summed E-state index contributed by atoms with van der Waals surface area (Å²) in [5.74, 6) is 3.18. The van der Waals surface area contributed by atoms with E-state index in [2.05, 4.69) is 31.1 Å². The van der Waals surface area contributed by atoms with Gasteiger partial charge in [-0.25, -0.2) is 4.98 Å². The summed E-state index contributed by atoms with van der Waals surface area (Å²) in [6.45, 7) is 7.34. The summed E-state index contributed by atoms with van der Waals surface area (Å²) in [5, 5.41) is 25.5. The minimum atomic E-state index is -0.230. The number of aliphatic hydroxyl groups is 2. The van der Waals surface area contributed by atoms with E-state index >= 15 is 0 Å². The van der Waals surface area contributed by atoms with Crippen molar-refractivity contribution >= 4 is 32.6 Å². The van der Waals surface area contributed by atoms with Crippen LogP contribution in [0.2, 0.25) is 0 Å². The van der Waals surface area contributed by atoms with Crippen molar-refractivity contribution in [1.82, 2.24) is 4.98 Å². The Bertz CT molecular complexity index is 1120. The number of amides is 1. The number of fused-ring (bicyclic) bond motifs is 6. The van der Waals surface area contributed by atoms with Gasteiger partial charge in [-0.1, -0.05) is 44.2 Å². The Morgan fingerprint density at radius 1 is 1.08 bits per heavy atom. The number of benzene rings is 1. The van der Waals surface area contributed by atoms with E-state index in [-0.39, 0.29) is 28.9 Å². The van der Waals surface area contributed by atoms with Gasteiger partial charge in [-0.3, -0.25) is 4.79 Å². The number of aliphatic hydroxyl groups excluding tert-OH is 2. The predicted molar refractivity (Wildman–Crippen MR) is 149 cm³/mol. The van der Waals surface area contributed by atoms with Gasteiger partial charge in [0.25, 0.3) is 0 Å². The highest BCUT2D eigenvalue weighted by Gasteiger charge is 2.62. The molecule has 2 aromatic rings. The van der Waals surface area contributed by atoms with Crippen molar-refractivity contribution in [3.8, 4) is 0 Å². The monoisotopic (exact) mass is 524 g/mol. The number of thiazole rings is 1. The smallest absolute Gasteiger partial charge is 0.226 e. The number of aromatic nitrogens is 1. The van der Waals surface area contributed by atoms with Gasteiger partial charge in [-0.2, -0.15) is 0 Å². The minimum Gasteiger partial charge on any atom is -0.393 e. The number of nitrogens with zero attached hydrogens (tertiary/aromatic N) is 1. The van der Waals surface area contributed by atoms with Gasteiger partial charge in [0, 0.05) is 6.42 Å². The molecule has 3 N–H and O–H groups in total. The zero-order valence-corrected chi connectivity index (χ0v) is 23.5. The molecule has 6 heteroatoms. The number of carbonyl (C=O) groups excluding carboxylic acids is 1. The van der Waals surface area contributed by atoms with Crippen LogP contribution in [-0.2, 0) is 4.79 Å². The average Bonchev–Trinajstić information content (AvgIpc) is 3.43. The largest absolute Gasteiger partial charge is 0.393 e. The number of para-hydroxylation sites is 1. The topological polar surface area (TPSA) is 82.5 Å². The molecule has 37 heavy (non-hydrogen) atoms. The van der Waals surface area contributed by atoms with Crippen LogP contribution in [0.5, 0.6) is 0 Å². The Morgan fingerprint density at radius 2 is 1.84 bits per heavy atom. The molecule has 5 nitrogen and oxygen atoms in total. The maximum atomic E-state index is 12.8. The van der Waals surface area contributed by atoms with E-state index in [0.29, 0.717) is 47.1 Å². The van der Waals surface area contributed by atoms with Crippen molar-refractivity contribution in [3.63, 3.8) is 0 Å². The second-order valence-corrected chi connectivity index (χ2v) is 14.5. The van der Waals surface area contributed by atoms with E-state index in [0.717, 1.165) is 42.3 Å². The second kappa shape index (κ2) is 9.60. The molecule has 10 atom stereocenters. The first-order chi connectivity index (χ1) is 17.7. The zero-order chi connectivity index (χ0) is 25.9. The second-order valence-electron chi connectivity index (χ2n) is 13.5. The van der Waals surface area contributed by atoms with Crippen LogP contribution in [0.15, 0.2) is 24.3 Å². The van der Waals surface area contributed by atoms with Crippen LogP contribution < -0.4 is 5.32 Å². The summed E-state index contributed by atoms with van der Waals surface area (Å²) >= 11 is 1.54. The molecule has 1 aromatic heterocycles. The minimum absolute atomic E-state index is 0.0652. The van der Waals surface area contributed by atoms with E-state index in [9.17, 15) is 15.0 Å². The van der Waals surface area contributed by atoms with Crippen molar-refractivity contribution in [2.45, 2.75) is 97.2 Å². The molecular weight excluding hydrogens is 480 g/mol. The van der Waals surface area contributed by atoms with Gasteiger partial charge in [-0.05, 0) is 116 Å². The molecule has 6 rings (SSSR count). The highest BCUT2D eigenvalue weighted by Crippen LogP contribution is 2.68. The zero-order valence-electron chi connectivity index (χ0n) is 22.7. The van der Waals surface area contributed by atoms with Crippen LogP contribution in [-0.4, -0.2) is 33.3 Å². The normalized spacial score (nSPS) is 42.0. The van der Waals surface area contributed by atoms with Crippen molar-refractivity contribution in [2.24, 2.45) is 46.3 Å². The van der Waals surface area contributed by atoms with Gasteiger partial charge in [0.1, 0.15) is 0 Å². The Balaban J connectivity index is 1.10. The highest BCUT2D eigenvalue weighted by molar-refractivity contribution is 7.22. The third-order valence-electron chi connectivity index (χ3n) is 11.8. The molecule has 0 bridgehead atoms. The Hall–Kier alpha value is -1.50. The lowest BCUT2D eigenvalue weighted by molar-refractivity contribution is -0.174. The number of carbonyl (C=O) groups is 1. The molecule has 4 saturated carbocycles. The van der Waals surface area contributed by atoms with Crippen LogP contribution in [0.4, 0.5) is 5.13 Å². The fourth-order valence-corrected chi connectivity index (χ4v) is 10.7. The number of nitrogens with one attached hydrogen (secondary N) is 1. The van der Waals surface area contributed by atoms with Gasteiger partial charge in [0.2, 0.25) is 5.91 Å². The summed E-state index contributed by atoms with van der Waals surface area (Å²) in [7, 11) is 0. The van der Waals surface area contributed by atoms with Crippen LogP contribution in [0.3, 0.4) is 0 Å². The maximum Gasteiger partial charge on any atom is 0.226 e. The summed E-state index contributed by atoms with van der Waals surface area (Å²) in [4.78, 5) is 17.4. The molecule has 0 unspecified atom stereocenters. The first-order valence-corrected chi connectivity index (χ1v) is 15.5. The van der Waals surface area contributed by atoms with Gasteiger partial charge in [0.15, 0.2) is 5.13 Å². The summed E-state index contributed by atoms with van der Waals surface area (Å²) < 4.78 is 1.10. The maximum absolute atomic E-state index is 12.8. The number of rotatable bonds is 5. The SMILES string of the molecule is C[C@H](CCC(=O)Nc1nc2ccccc2s1)[C@@H]1CC[C@@H]2[C@H]3[C@@H](CC[C@@]21C)[C@@]1(C)CC[C@@H](O)C[C@@H]1C[C@@H]3O. The summed E-state index contributed by atoms with van der Waals surface area (Å²) in [6.07, 6.45) is 9.68. The van der Waals surface area contributed by atoms with E-state index in [4.69, 9.17) is 0 Å². The van der Waals surface area contributed by atoms with Gasteiger partial charge < -0.3 is 15.5 Å². The van der Waals surface area contributed by atoms with Crippen LogP contribution in [0.1, 0.15) is 85.0 Å². The molecule has 0 spiro atoms. The highest BCUT2D eigenvalue weighted by atomic mass is 32.1. The van der Waals surface area contributed by atoms with E-state index in [1.54, 1.807) is 0 Å². The van der Waals surface area contributed by atoms with Gasteiger partial charge in [0.05, 0.1) is 22.4 Å². The lowest BCUT2D eigenvalue weighted by Gasteiger charge is -2.62. The predicted octanol–water partition coefficient (Wildman–Crippen LogP) is 6.64. The molecule has 0 aliphatic heterocycles. The van der Waals surface area contributed by atoms with Crippen LogP contribution >= 0.6 is 11.3 Å². The van der Waals surface area contributed by atoms with Crippen molar-refractivity contribution in [2.75, 3.05) is 5.32 Å². The summed E-state index contributed by atoms with van der Waals surface area (Å²) in [6, 6.07) is 8.00. The quantitative estimate of drug-likeness (QED) is 0.409. The van der Waals surface area contributed by atoms with E-state index in [1.807, 2.05) is 24.3 Å². The first kappa shape index (κ1) is 25.8. The van der Waals surface area contributed by atoms with Gasteiger partial charge >= 0.3 is 0 Å². The summed E-state index contributed by atoms with van der Waals surface area (Å²) in [5.41, 5.74) is 1.46. The third-order valence-corrected chi connectivity index (χ3v) is 12.7. The van der Waals surface area contributed by atoms with E-state index < -0.39 is 0 Å². The number of anilines is 1. The Labute approximate surface area is 225 Å². The standard InChI is InChI=1S/C31H44N2O3S/c1-18(8-11-27(36)33-29-32-24-6-4-5-7-26(24)37-29)21-9-10-22-28-23(13-15-31(21,22)3)30(2)14-12-20(34)16-19(30)17-25(28)35/h4-7,18-23,25,28,34-35H,8-17H2,1-3H3,(H,32,33,36)/t18-,19-,20-,21+,22-,23-,25+,28+,30+,31-/m1/s1. The van der Waals surface area contributed by atoms with Crippen LogP contribution in [0, 0.1) is 46.3 Å². The number of hydrogen-bond acceptors (Lipinski definition) is 5. The molecular formula is C31H44N2O3S. The Morgan fingerprint density at radius 3 is 2.65 bits per heavy atom. The Kier molecular flexibility index (Phi) is 6.69. The molecule has 0 saturated heterocycles. The van der Waals surface area contributed by atoms with Gasteiger partial charge in [-0.15, -0.1) is 0 Å². The number of hydrogen-bond donors (Lipinski definition) is 3. The fraction of sp³-hybridized carbons (Fsp3) is 0.742. The molecule has 4 aliphatic rings. The third kappa shape index (κ3) is 4.35. The molecule has 4 aliphatic carbocycles. The van der Waals surface area contributed by atoms with Crippen molar-refractivity contribution < 1.29 is 15.0 Å². The lowest BCUT2D eigenvalue weighted by atomic mass is 9.43.